The van der Waals surface area contributed by atoms with E-state index < -0.39 is 5.60 Å². The number of amides is 1. The summed E-state index contributed by atoms with van der Waals surface area (Å²) in [5.74, 6) is 0.245. The molecule has 30 heavy (non-hydrogen) atoms. The van der Waals surface area contributed by atoms with Gasteiger partial charge < -0.3 is 15.2 Å². The maximum Gasteiger partial charge on any atom is 0.234 e. The Morgan fingerprint density at radius 2 is 1.93 bits per heavy atom. The molecule has 1 atom stereocenters. The van der Waals surface area contributed by atoms with Crippen LogP contribution < -0.4 is 10.1 Å². The number of carbonyl (C=O) groups excluding carboxylic acids is 1. The molecule has 5 nitrogen and oxygen atoms in total. The summed E-state index contributed by atoms with van der Waals surface area (Å²) in [5, 5.41) is 14.5. The first-order valence-corrected chi connectivity index (χ1v) is 10.5. The lowest BCUT2D eigenvalue weighted by molar-refractivity contribution is -0.124. The van der Waals surface area contributed by atoms with Crippen molar-refractivity contribution in [3.63, 3.8) is 0 Å². The van der Waals surface area contributed by atoms with E-state index in [2.05, 4.69) is 5.32 Å². The lowest BCUT2D eigenvalue weighted by Crippen LogP contribution is -2.53. The second kappa shape index (κ2) is 9.77. The van der Waals surface area contributed by atoms with Gasteiger partial charge in [0.25, 0.3) is 0 Å². The minimum absolute atomic E-state index is 0.131. The van der Waals surface area contributed by atoms with Crippen LogP contribution in [-0.4, -0.2) is 47.8 Å². The molecule has 0 aromatic heterocycles. The van der Waals surface area contributed by atoms with Gasteiger partial charge in [-0.1, -0.05) is 23.7 Å². The van der Waals surface area contributed by atoms with Crippen molar-refractivity contribution < 1.29 is 19.0 Å². The van der Waals surface area contributed by atoms with Crippen molar-refractivity contribution in [3.05, 3.63) is 63.9 Å². The predicted molar refractivity (Wildman–Crippen MR) is 115 cm³/mol. The minimum Gasteiger partial charge on any atom is -0.491 e. The number of benzene rings is 2. The van der Waals surface area contributed by atoms with Crippen LogP contribution in [0.5, 0.6) is 5.75 Å². The van der Waals surface area contributed by atoms with Crippen LogP contribution >= 0.6 is 11.6 Å². The zero-order valence-corrected chi connectivity index (χ0v) is 18.1. The van der Waals surface area contributed by atoms with Crippen LogP contribution in [0.2, 0.25) is 5.02 Å². The summed E-state index contributed by atoms with van der Waals surface area (Å²) in [5.41, 5.74) is 1.68. The second-order valence-electron chi connectivity index (χ2n) is 8.10. The molecule has 1 fully saturated rings. The van der Waals surface area contributed by atoms with Crippen LogP contribution in [0.15, 0.2) is 36.4 Å². The van der Waals surface area contributed by atoms with Crippen LogP contribution in [0, 0.1) is 19.7 Å². The molecule has 2 aromatic carbocycles. The predicted octanol–water partition coefficient (Wildman–Crippen LogP) is 3.62. The molecule has 2 aromatic rings. The number of aryl methyl sites for hydroxylation is 2. The number of likely N-dealkylation sites (tertiary alicyclic amines) is 1. The van der Waals surface area contributed by atoms with E-state index >= 15 is 0 Å². The number of rotatable bonds is 7. The number of nitrogens with zero attached hydrogens (tertiary/aromatic N) is 1. The van der Waals surface area contributed by atoms with E-state index in [-0.39, 0.29) is 24.9 Å². The van der Waals surface area contributed by atoms with Gasteiger partial charge in [0.2, 0.25) is 5.91 Å². The monoisotopic (exact) mass is 434 g/mol. The standard InChI is InChI=1S/C23H28ClFN2O3/c1-16-10-20(11-17(2)22(16)24)30-15-23(29)8-3-9-27(14-23)13-21(28)26-12-18-4-6-19(25)7-5-18/h4-7,10-11,29H,3,8-9,12-15H2,1-2H3,(H,26,28)/t23-/m1/s1. The van der Waals surface area contributed by atoms with E-state index in [0.717, 1.165) is 34.7 Å². The minimum atomic E-state index is -1.02. The van der Waals surface area contributed by atoms with Crippen molar-refractivity contribution in [2.24, 2.45) is 0 Å². The molecule has 3 rings (SSSR count). The number of β-amino-alcohol motifs (C(OH)–C–C–N with tert-alkyl or cyclic N) is 1. The van der Waals surface area contributed by atoms with E-state index in [1.54, 1.807) is 12.1 Å². The molecular weight excluding hydrogens is 407 g/mol. The van der Waals surface area contributed by atoms with Gasteiger partial charge in [-0.25, -0.2) is 4.39 Å². The Bertz CT molecular complexity index is 868. The topological polar surface area (TPSA) is 61.8 Å². The summed E-state index contributed by atoms with van der Waals surface area (Å²) in [6.07, 6.45) is 1.40. The van der Waals surface area contributed by atoms with Crippen molar-refractivity contribution >= 4 is 17.5 Å². The highest BCUT2D eigenvalue weighted by molar-refractivity contribution is 6.32. The lowest BCUT2D eigenvalue weighted by atomic mass is 9.93. The first-order chi connectivity index (χ1) is 14.2. The van der Waals surface area contributed by atoms with Crippen LogP contribution in [0.25, 0.3) is 0 Å². The van der Waals surface area contributed by atoms with Crippen LogP contribution in [0.1, 0.15) is 29.5 Å². The normalized spacial score (nSPS) is 19.5. The fraction of sp³-hybridized carbons (Fsp3) is 0.435. The SMILES string of the molecule is Cc1cc(OC[C@@]2(O)CCCN(CC(=O)NCc3ccc(F)cc3)C2)cc(C)c1Cl. The number of halogens is 2. The van der Waals surface area contributed by atoms with Crippen molar-refractivity contribution in [2.75, 3.05) is 26.2 Å². The molecule has 2 N–H and O–H groups in total. The molecule has 0 bridgehead atoms. The fourth-order valence-electron chi connectivity index (χ4n) is 3.73. The molecule has 0 unspecified atom stereocenters. The molecular formula is C23H28ClFN2O3. The molecule has 1 aliphatic heterocycles. The molecule has 1 heterocycles. The third-order valence-electron chi connectivity index (χ3n) is 5.32. The van der Waals surface area contributed by atoms with Gasteiger partial charge in [0.15, 0.2) is 0 Å². The second-order valence-corrected chi connectivity index (χ2v) is 8.48. The number of aliphatic hydroxyl groups is 1. The molecule has 0 radical (unpaired) electrons. The Morgan fingerprint density at radius 3 is 2.60 bits per heavy atom. The van der Waals surface area contributed by atoms with Crippen molar-refractivity contribution in [1.82, 2.24) is 10.2 Å². The third-order valence-corrected chi connectivity index (χ3v) is 5.92. The number of carbonyl (C=O) groups is 1. The highest BCUT2D eigenvalue weighted by atomic mass is 35.5. The van der Waals surface area contributed by atoms with Gasteiger partial charge in [0.1, 0.15) is 23.8 Å². The van der Waals surface area contributed by atoms with Gasteiger partial charge in [-0.2, -0.15) is 0 Å². The molecule has 0 saturated carbocycles. The van der Waals surface area contributed by atoms with Crippen molar-refractivity contribution in [1.29, 1.82) is 0 Å². The number of hydrogen-bond acceptors (Lipinski definition) is 4. The fourth-order valence-corrected chi connectivity index (χ4v) is 3.84. The Hall–Kier alpha value is -2.15. The average molecular weight is 435 g/mol. The molecule has 7 heteroatoms. The Labute approximate surface area is 181 Å². The largest absolute Gasteiger partial charge is 0.491 e. The Balaban J connectivity index is 1.49. The van der Waals surface area contributed by atoms with Gasteiger partial charge in [0.05, 0.1) is 6.54 Å². The van der Waals surface area contributed by atoms with E-state index in [0.29, 0.717) is 25.3 Å². The van der Waals surface area contributed by atoms with E-state index in [1.807, 2.05) is 30.9 Å². The molecule has 1 saturated heterocycles. The van der Waals surface area contributed by atoms with Crippen LogP contribution in [-0.2, 0) is 11.3 Å². The van der Waals surface area contributed by atoms with E-state index in [4.69, 9.17) is 16.3 Å². The third kappa shape index (κ3) is 6.17. The maximum absolute atomic E-state index is 13.0. The van der Waals surface area contributed by atoms with E-state index in [9.17, 15) is 14.3 Å². The highest BCUT2D eigenvalue weighted by Gasteiger charge is 2.34. The average Bonchev–Trinajstić information content (AvgIpc) is 2.70. The van der Waals surface area contributed by atoms with Gasteiger partial charge >= 0.3 is 0 Å². The summed E-state index contributed by atoms with van der Waals surface area (Å²) < 4.78 is 18.8. The zero-order chi connectivity index (χ0) is 21.7. The number of piperidine rings is 1. The van der Waals surface area contributed by atoms with Gasteiger partial charge in [-0.15, -0.1) is 0 Å². The highest BCUT2D eigenvalue weighted by Crippen LogP contribution is 2.28. The number of hydrogen-bond donors (Lipinski definition) is 2. The summed E-state index contributed by atoms with van der Waals surface area (Å²) in [7, 11) is 0. The number of ether oxygens (including phenoxy) is 1. The lowest BCUT2D eigenvalue weighted by Gasteiger charge is -2.38. The molecule has 0 aliphatic carbocycles. The molecule has 1 amide bonds. The smallest absolute Gasteiger partial charge is 0.234 e. The van der Waals surface area contributed by atoms with Gasteiger partial charge in [-0.3, -0.25) is 9.69 Å². The first-order valence-electron chi connectivity index (χ1n) is 10.1. The number of nitrogens with one attached hydrogen (secondary N) is 1. The summed E-state index contributed by atoms with van der Waals surface area (Å²) >= 11 is 6.20. The summed E-state index contributed by atoms with van der Waals surface area (Å²) in [4.78, 5) is 14.2. The Kier molecular flexibility index (Phi) is 7.34. The van der Waals surface area contributed by atoms with Gasteiger partial charge in [0, 0.05) is 18.1 Å². The maximum atomic E-state index is 13.0. The first kappa shape index (κ1) is 22.5. The summed E-state index contributed by atoms with van der Waals surface area (Å²) in [6, 6.07) is 9.76. The van der Waals surface area contributed by atoms with Crippen molar-refractivity contribution in [2.45, 2.75) is 38.8 Å². The Morgan fingerprint density at radius 1 is 1.27 bits per heavy atom. The summed E-state index contributed by atoms with van der Waals surface area (Å²) in [6.45, 7) is 5.64. The van der Waals surface area contributed by atoms with Crippen molar-refractivity contribution in [3.8, 4) is 5.75 Å². The quantitative estimate of drug-likeness (QED) is 0.698. The van der Waals surface area contributed by atoms with E-state index in [1.165, 1.54) is 12.1 Å². The molecule has 162 valence electrons. The molecule has 1 aliphatic rings. The zero-order valence-electron chi connectivity index (χ0n) is 17.4. The molecule has 0 spiro atoms. The van der Waals surface area contributed by atoms with Crippen LogP contribution in [0.4, 0.5) is 4.39 Å². The van der Waals surface area contributed by atoms with Gasteiger partial charge in [-0.05, 0) is 74.2 Å². The van der Waals surface area contributed by atoms with Crippen LogP contribution in [0.3, 0.4) is 0 Å².